The lowest BCUT2D eigenvalue weighted by Gasteiger charge is -2.38. The van der Waals surface area contributed by atoms with Gasteiger partial charge in [-0.3, -0.25) is 0 Å². The Kier molecular flexibility index (Phi) is 2.76. The van der Waals surface area contributed by atoms with E-state index in [0.717, 1.165) is 12.5 Å². The summed E-state index contributed by atoms with van der Waals surface area (Å²) in [6.45, 7) is -0.111. The van der Waals surface area contributed by atoms with Crippen molar-refractivity contribution in [2.75, 3.05) is 6.79 Å². The number of halogens is 3. The topological polar surface area (TPSA) is 47.9 Å². The molecular weight excluding hydrogens is 275 g/mol. The van der Waals surface area contributed by atoms with Gasteiger partial charge in [0.2, 0.25) is 12.9 Å². The van der Waals surface area contributed by atoms with E-state index < -0.39 is 17.3 Å². The monoisotopic (exact) mass is 285 g/mol. The van der Waals surface area contributed by atoms with Crippen molar-refractivity contribution in [3.05, 3.63) is 23.3 Å². The molecule has 0 radical (unpaired) electrons. The van der Waals surface area contributed by atoms with Gasteiger partial charge in [0.15, 0.2) is 11.5 Å². The fourth-order valence-electron chi connectivity index (χ4n) is 2.60. The molecule has 1 aromatic carbocycles. The SMILES string of the molecule is O=C=NC1(c2cc3c(cc2C(F)(F)F)OCO3)CCC1. The molecule has 3 rings (SSSR count). The van der Waals surface area contributed by atoms with Crippen LogP contribution in [-0.2, 0) is 16.5 Å². The molecule has 0 spiro atoms. The minimum Gasteiger partial charge on any atom is -0.454 e. The summed E-state index contributed by atoms with van der Waals surface area (Å²) in [5.74, 6) is 0.311. The first-order valence-electron chi connectivity index (χ1n) is 6.07. The largest absolute Gasteiger partial charge is 0.454 e. The first-order chi connectivity index (χ1) is 9.46. The van der Waals surface area contributed by atoms with Crippen molar-refractivity contribution in [3.8, 4) is 11.5 Å². The number of benzene rings is 1. The molecule has 1 fully saturated rings. The minimum atomic E-state index is -4.54. The van der Waals surface area contributed by atoms with E-state index in [9.17, 15) is 18.0 Å². The molecule has 0 unspecified atom stereocenters. The van der Waals surface area contributed by atoms with Crippen molar-refractivity contribution in [2.45, 2.75) is 31.0 Å². The van der Waals surface area contributed by atoms with Crippen LogP contribution in [0.25, 0.3) is 0 Å². The summed E-state index contributed by atoms with van der Waals surface area (Å²) in [6, 6.07) is 2.20. The van der Waals surface area contributed by atoms with Gasteiger partial charge in [0.25, 0.3) is 0 Å². The molecule has 1 aromatic rings. The first kappa shape index (κ1) is 13.0. The summed E-state index contributed by atoms with van der Waals surface area (Å²) < 4.78 is 49.7. The Labute approximate surface area is 112 Å². The van der Waals surface area contributed by atoms with E-state index in [1.54, 1.807) is 0 Å². The van der Waals surface area contributed by atoms with Crippen molar-refractivity contribution in [1.82, 2.24) is 0 Å². The van der Waals surface area contributed by atoms with Crippen molar-refractivity contribution < 1.29 is 27.4 Å². The maximum atomic E-state index is 13.2. The van der Waals surface area contributed by atoms with Gasteiger partial charge in [0.05, 0.1) is 11.1 Å². The molecule has 1 aliphatic carbocycles. The van der Waals surface area contributed by atoms with Crippen molar-refractivity contribution >= 4 is 6.08 Å². The fraction of sp³-hybridized carbons (Fsp3) is 0.462. The molecule has 7 heteroatoms. The van der Waals surface area contributed by atoms with E-state index in [-0.39, 0.29) is 23.9 Å². The molecule has 1 heterocycles. The third kappa shape index (κ3) is 1.86. The first-order valence-corrected chi connectivity index (χ1v) is 6.07. The number of alkyl halides is 3. The molecule has 0 saturated heterocycles. The van der Waals surface area contributed by atoms with Crippen LogP contribution in [0.1, 0.15) is 30.4 Å². The van der Waals surface area contributed by atoms with Crippen molar-refractivity contribution in [1.29, 1.82) is 0 Å². The molecule has 0 aromatic heterocycles. The number of carbonyl (C=O) groups excluding carboxylic acids is 1. The van der Waals surface area contributed by atoms with Crippen LogP contribution in [0.2, 0.25) is 0 Å². The van der Waals surface area contributed by atoms with Gasteiger partial charge in [-0.05, 0) is 37.0 Å². The van der Waals surface area contributed by atoms with Gasteiger partial charge in [-0.15, -0.1) is 0 Å². The molecule has 1 saturated carbocycles. The molecular formula is C13H10F3NO3. The molecule has 0 amide bonds. The smallest absolute Gasteiger partial charge is 0.416 e. The van der Waals surface area contributed by atoms with Crippen LogP contribution in [-0.4, -0.2) is 12.9 Å². The zero-order valence-electron chi connectivity index (χ0n) is 10.3. The zero-order chi connectivity index (χ0) is 14.4. The molecule has 1 aliphatic heterocycles. The normalized spacial score (nSPS) is 19.1. The average molecular weight is 285 g/mol. The Bertz CT molecular complexity index is 602. The Morgan fingerprint density at radius 1 is 1.20 bits per heavy atom. The third-order valence-corrected chi connectivity index (χ3v) is 3.76. The van der Waals surface area contributed by atoms with Gasteiger partial charge in [-0.25, -0.2) is 4.79 Å². The number of ether oxygens (including phenoxy) is 2. The maximum absolute atomic E-state index is 13.2. The Morgan fingerprint density at radius 2 is 1.85 bits per heavy atom. The molecule has 106 valence electrons. The number of hydrogen-bond acceptors (Lipinski definition) is 4. The summed E-state index contributed by atoms with van der Waals surface area (Å²) in [7, 11) is 0. The van der Waals surface area contributed by atoms with Crippen LogP contribution < -0.4 is 9.47 Å². The van der Waals surface area contributed by atoms with E-state index in [1.807, 2.05) is 0 Å². The van der Waals surface area contributed by atoms with E-state index in [1.165, 1.54) is 12.1 Å². The summed E-state index contributed by atoms with van der Waals surface area (Å²) >= 11 is 0. The third-order valence-electron chi connectivity index (χ3n) is 3.76. The highest BCUT2D eigenvalue weighted by Crippen LogP contribution is 2.52. The Balaban J connectivity index is 2.20. The van der Waals surface area contributed by atoms with Crippen LogP contribution in [0.5, 0.6) is 11.5 Å². The second-order valence-corrected chi connectivity index (χ2v) is 4.84. The lowest BCUT2D eigenvalue weighted by molar-refractivity contribution is -0.139. The van der Waals surface area contributed by atoms with E-state index in [4.69, 9.17) is 9.47 Å². The summed E-state index contributed by atoms with van der Waals surface area (Å²) in [6.07, 6.45) is -1.65. The second kappa shape index (κ2) is 4.24. The number of hydrogen-bond donors (Lipinski definition) is 0. The van der Waals surface area contributed by atoms with Gasteiger partial charge >= 0.3 is 6.18 Å². The van der Waals surface area contributed by atoms with E-state index in [0.29, 0.717) is 12.8 Å². The lowest BCUT2D eigenvalue weighted by Crippen LogP contribution is -2.34. The highest BCUT2D eigenvalue weighted by atomic mass is 19.4. The Morgan fingerprint density at radius 3 is 2.35 bits per heavy atom. The summed E-state index contributed by atoms with van der Waals surface area (Å²) in [5.41, 5.74) is -2.00. The van der Waals surface area contributed by atoms with Crippen molar-refractivity contribution in [3.63, 3.8) is 0 Å². The average Bonchev–Trinajstić information content (AvgIpc) is 2.78. The molecule has 0 bridgehead atoms. The van der Waals surface area contributed by atoms with Gasteiger partial charge in [0.1, 0.15) is 0 Å². The highest BCUT2D eigenvalue weighted by molar-refractivity contribution is 5.53. The van der Waals surface area contributed by atoms with Crippen LogP contribution in [0.3, 0.4) is 0 Å². The quantitative estimate of drug-likeness (QED) is 0.619. The minimum absolute atomic E-state index is 0.0381. The predicted octanol–water partition coefficient (Wildman–Crippen LogP) is 3.15. The number of isocyanates is 1. The standard InChI is InChI=1S/C13H10F3NO3/c14-13(15,16)9-5-11-10(19-7-20-11)4-8(9)12(17-6-18)2-1-3-12/h4-5H,1-3,7H2. The van der Waals surface area contributed by atoms with Gasteiger partial charge < -0.3 is 9.47 Å². The van der Waals surface area contributed by atoms with Crippen LogP contribution in [0.4, 0.5) is 13.2 Å². The molecule has 4 nitrogen and oxygen atoms in total. The van der Waals surface area contributed by atoms with Crippen LogP contribution in [0.15, 0.2) is 17.1 Å². The highest BCUT2D eigenvalue weighted by Gasteiger charge is 2.47. The number of rotatable bonds is 2. The molecule has 0 N–H and O–H groups in total. The van der Waals surface area contributed by atoms with E-state index in [2.05, 4.69) is 4.99 Å². The van der Waals surface area contributed by atoms with Crippen LogP contribution >= 0.6 is 0 Å². The number of fused-ring (bicyclic) bond motifs is 1. The zero-order valence-corrected chi connectivity index (χ0v) is 10.3. The lowest BCUT2D eigenvalue weighted by atomic mass is 9.70. The van der Waals surface area contributed by atoms with E-state index >= 15 is 0 Å². The second-order valence-electron chi connectivity index (χ2n) is 4.84. The Hall–Kier alpha value is -2.01. The van der Waals surface area contributed by atoms with Crippen LogP contribution in [0, 0.1) is 0 Å². The van der Waals surface area contributed by atoms with Gasteiger partial charge in [-0.1, -0.05) is 0 Å². The van der Waals surface area contributed by atoms with Crippen molar-refractivity contribution in [2.24, 2.45) is 4.99 Å². The number of nitrogens with zero attached hydrogens (tertiary/aromatic N) is 1. The summed E-state index contributed by atoms with van der Waals surface area (Å²) in [5, 5.41) is 0. The molecule has 2 aliphatic rings. The fourth-order valence-corrected chi connectivity index (χ4v) is 2.60. The molecule has 0 atom stereocenters. The maximum Gasteiger partial charge on any atom is 0.416 e. The predicted molar refractivity (Wildman–Crippen MR) is 61.2 cm³/mol. The van der Waals surface area contributed by atoms with Gasteiger partial charge in [-0.2, -0.15) is 18.2 Å². The molecule has 20 heavy (non-hydrogen) atoms. The number of aliphatic imine (C=N–C) groups is 1. The summed E-state index contributed by atoms with van der Waals surface area (Å²) in [4.78, 5) is 14.2. The van der Waals surface area contributed by atoms with Gasteiger partial charge in [0, 0.05) is 0 Å².